The second-order valence-electron chi connectivity index (χ2n) is 8.02. The number of rotatable bonds is 4. The Morgan fingerprint density at radius 1 is 1.20 bits per heavy atom. The number of nitrogens with one attached hydrogen (secondary N) is 4. The van der Waals surface area contributed by atoms with E-state index in [0.717, 1.165) is 22.1 Å². The Labute approximate surface area is 204 Å². The summed E-state index contributed by atoms with van der Waals surface area (Å²) in [6, 6.07) is 11.6. The average molecular weight is 505 g/mol. The lowest BCUT2D eigenvalue weighted by molar-refractivity contribution is -0.173. The average Bonchev–Trinajstić information content (AvgIpc) is 3.25. The van der Waals surface area contributed by atoms with Gasteiger partial charge < -0.3 is 15.4 Å². The fourth-order valence-electron chi connectivity index (χ4n) is 3.85. The Morgan fingerprint density at radius 3 is 2.60 bits per heavy atom. The molecule has 12 heteroatoms. The molecule has 2 aromatic carbocycles. The number of thiocarbonyl (C=S) groups is 1. The molecule has 1 amide bonds. The maximum atomic E-state index is 13.9. The van der Waals surface area contributed by atoms with Gasteiger partial charge >= 0.3 is 6.18 Å². The number of ether oxygens (including phenoxy) is 1. The van der Waals surface area contributed by atoms with Gasteiger partial charge in [0, 0.05) is 12.1 Å². The molecule has 2 atom stereocenters. The highest BCUT2D eigenvalue weighted by molar-refractivity contribution is 7.80. The van der Waals surface area contributed by atoms with E-state index in [0.29, 0.717) is 11.3 Å². The van der Waals surface area contributed by atoms with Crippen molar-refractivity contribution < 1.29 is 22.7 Å². The summed E-state index contributed by atoms with van der Waals surface area (Å²) in [4.78, 5) is 12.8. The van der Waals surface area contributed by atoms with Crippen molar-refractivity contribution in [1.29, 1.82) is 0 Å². The van der Waals surface area contributed by atoms with Gasteiger partial charge in [0.2, 0.25) is 0 Å². The number of carbonyl (C=O) groups excluding carboxylic acids is 1. The number of hydrogen-bond donors (Lipinski definition) is 4. The number of methoxy groups -OCH3 is 1. The number of nitrogens with zero attached hydrogens (tertiary/aromatic N) is 2. The van der Waals surface area contributed by atoms with Gasteiger partial charge in [-0.25, -0.2) is 4.68 Å². The molecule has 2 heterocycles. The van der Waals surface area contributed by atoms with E-state index in [1.807, 2.05) is 25.1 Å². The number of carbonyl (C=O) groups is 1. The highest BCUT2D eigenvalue weighted by Gasteiger charge is 2.47. The van der Waals surface area contributed by atoms with Crippen molar-refractivity contribution in [1.82, 2.24) is 20.6 Å². The molecule has 35 heavy (non-hydrogen) atoms. The number of alkyl halides is 3. The number of halogens is 3. The molecule has 4 rings (SSSR count). The maximum Gasteiger partial charge on any atom is 0.410 e. The molecule has 0 saturated heterocycles. The van der Waals surface area contributed by atoms with Gasteiger partial charge in [-0.2, -0.15) is 18.3 Å². The summed E-state index contributed by atoms with van der Waals surface area (Å²) < 4.78 is 47.6. The number of hydrogen-bond acceptors (Lipinski definition) is 5. The van der Waals surface area contributed by atoms with Crippen molar-refractivity contribution in [3.63, 3.8) is 0 Å². The highest BCUT2D eigenvalue weighted by Crippen LogP contribution is 2.44. The second kappa shape index (κ2) is 9.82. The molecule has 1 aliphatic heterocycles. The largest absolute Gasteiger partial charge is 0.497 e. The normalized spacial score (nSPS) is 17.1. The van der Waals surface area contributed by atoms with Crippen molar-refractivity contribution in [2.24, 2.45) is 0 Å². The molecular formula is C23H23F3N6O2S. The van der Waals surface area contributed by atoms with E-state index in [4.69, 9.17) is 17.0 Å². The Hall–Kier alpha value is -3.80. The van der Waals surface area contributed by atoms with Gasteiger partial charge in [0.1, 0.15) is 17.1 Å². The molecular weight excluding hydrogens is 481 g/mol. The van der Waals surface area contributed by atoms with Crippen LogP contribution in [0.3, 0.4) is 0 Å². The van der Waals surface area contributed by atoms with Crippen LogP contribution in [0.25, 0.3) is 0 Å². The first kappa shape index (κ1) is 24.3. The minimum absolute atomic E-state index is 0.0312. The summed E-state index contributed by atoms with van der Waals surface area (Å²) in [7, 11) is 1.51. The van der Waals surface area contributed by atoms with Gasteiger partial charge in [-0.1, -0.05) is 24.3 Å². The molecule has 184 valence electrons. The minimum atomic E-state index is -4.56. The summed E-state index contributed by atoms with van der Waals surface area (Å²) in [6.45, 7) is 1.92. The van der Waals surface area contributed by atoms with Gasteiger partial charge in [-0.15, -0.1) is 0 Å². The zero-order valence-corrected chi connectivity index (χ0v) is 19.6. The van der Waals surface area contributed by atoms with Crippen molar-refractivity contribution >= 4 is 34.7 Å². The minimum Gasteiger partial charge on any atom is -0.497 e. The van der Waals surface area contributed by atoms with Crippen LogP contribution in [0.5, 0.6) is 5.75 Å². The first-order valence-electron chi connectivity index (χ1n) is 10.6. The molecule has 0 aliphatic carbocycles. The summed E-state index contributed by atoms with van der Waals surface area (Å²) in [5.74, 6) is -0.136. The smallest absolute Gasteiger partial charge is 0.410 e. The van der Waals surface area contributed by atoms with Crippen LogP contribution in [-0.4, -0.2) is 34.1 Å². The highest BCUT2D eigenvalue weighted by atomic mass is 32.1. The van der Waals surface area contributed by atoms with E-state index in [1.54, 1.807) is 30.3 Å². The van der Waals surface area contributed by atoms with Gasteiger partial charge in [-0.05, 0) is 54.5 Å². The van der Waals surface area contributed by atoms with Crippen LogP contribution < -0.4 is 26.2 Å². The zero-order chi connectivity index (χ0) is 25.2. The van der Waals surface area contributed by atoms with E-state index >= 15 is 0 Å². The standard InChI is InChI=1S/C23H23F3N6O2S/c1-13-4-3-5-15(10-13)28-22(35)31-30-21(33)17-12-27-32-19(23(24,25)26)11-18(29-20(17)32)14-6-8-16(34-2)9-7-14/h3-10,12,18-19,29H,11H2,1-2H3,(H,30,33)(H2,28,31,35)/t18-,19+/m0/s1. The van der Waals surface area contributed by atoms with E-state index < -0.39 is 24.2 Å². The lowest BCUT2D eigenvalue weighted by atomic mass is 9.96. The molecule has 8 nitrogen and oxygen atoms in total. The molecule has 4 N–H and O–H groups in total. The first-order valence-corrected chi connectivity index (χ1v) is 11.0. The van der Waals surface area contributed by atoms with Gasteiger partial charge in [0.25, 0.3) is 5.91 Å². The third-order valence-corrected chi connectivity index (χ3v) is 5.77. The fourth-order valence-corrected chi connectivity index (χ4v) is 4.02. The quantitative estimate of drug-likeness (QED) is 0.307. The van der Waals surface area contributed by atoms with E-state index in [1.165, 1.54) is 7.11 Å². The molecule has 0 unspecified atom stereocenters. The van der Waals surface area contributed by atoms with Crippen LogP contribution in [0.15, 0.2) is 54.7 Å². The third-order valence-electron chi connectivity index (χ3n) is 5.57. The molecule has 0 radical (unpaired) electrons. The van der Waals surface area contributed by atoms with E-state index in [2.05, 4.69) is 26.6 Å². The molecule has 0 bridgehead atoms. The molecule has 0 saturated carbocycles. The van der Waals surface area contributed by atoms with Crippen LogP contribution in [0, 0.1) is 6.92 Å². The number of benzene rings is 2. The van der Waals surface area contributed by atoms with Crippen LogP contribution in [0.2, 0.25) is 0 Å². The van der Waals surface area contributed by atoms with Crippen molar-refractivity contribution in [2.45, 2.75) is 31.6 Å². The topological polar surface area (TPSA) is 92.2 Å². The summed E-state index contributed by atoms with van der Waals surface area (Å²) in [5.41, 5.74) is 7.28. The monoisotopic (exact) mass is 504 g/mol. The molecule has 0 fully saturated rings. The molecule has 3 aromatic rings. The van der Waals surface area contributed by atoms with E-state index in [9.17, 15) is 18.0 Å². The van der Waals surface area contributed by atoms with Crippen LogP contribution in [0.1, 0.15) is 40.0 Å². The van der Waals surface area contributed by atoms with E-state index in [-0.39, 0.29) is 22.9 Å². The number of hydrazine groups is 1. The lowest BCUT2D eigenvalue weighted by Gasteiger charge is -2.34. The molecule has 1 aliphatic rings. The Balaban J connectivity index is 1.51. The van der Waals surface area contributed by atoms with Crippen LogP contribution in [0.4, 0.5) is 24.7 Å². The lowest BCUT2D eigenvalue weighted by Crippen LogP contribution is -2.44. The Kier molecular flexibility index (Phi) is 6.83. The first-order chi connectivity index (χ1) is 16.7. The summed E-state index contributed by atoms with van der Waals surface area (Å²) in [6.07, 6.45) is -3.74. The Bertz CT molecular complexity index is 1230. The summed E-state index contributed by atoms with van der Waals surface area (Å²) >= 11 is 5.19. The zero-order valence-electron chi connectivity index (χ0n) is 18.8. The number of aryl methyl sites for hydroxylation is 1. The van der Waals surface area contributed by atoms with Crippen LogP contribution in [-0.2, 0) is 0 Å². The predicted molar refractivity (Wildman–Crippen MR) is 129 cm³/mol. The van der Waals surface area contributed by atoms with Crippen LogP contribution >= 0.6 is 12.2 Å². The predicted octanol–water partition coefficient (Wildman–Crippen LogP) is 4.49. The van der Waals surface area contributed by atoms with Gasteiger partial charge in [0.05, 0.1) is 19.3 Å². The van der Waals surface area contributed by atoms with Gasteiger partial charge in [-0.3, -0.25) is 15.6 Å². The number of aromatic nitrogens is 2. The van der Waals surface area contributed by atoms with Crippen molar-refractivity contribution in [2.75, 3.05) is 17.7 Å². The number of anilines is 2. The van der Waals surface area contributed by atoms with Gasteiger partial charge in [0.15, 0.2) is 11.2 Å². The summed E-state index contributed by atoms with van der Waals surface area (Å²) in [5, 5.41) is 9.94. The third kappa shape index (κ3) is 5.48. The maximum absolute atomic E-state index is 13.9. The number of fused-ring (bicyclic) bond motifs is 1. The molecule has 1 aromatic heterocycles. The molecule has 0 spiro atoms. The fraction of sp³-hybridized carbons (Fsp3) is 0.261. The Morgan fingerprint density at radius 2 is 1.94 bits per heavy atom. The second-order valence-corrected chi connectivity index (χ2v) is 8.43. The number of amides is 1. The SMILES string of the molecule is COc1ccc([C@@H]2C[C@H](C(F)(F)F)n3ncc(C(=O)NNC(=S)Nc4cccc(C)c4)c3N2)cc1. The van der Waals surface area contributed by atoms with Crippen molar-refractivity contribution in [3.05, 3.63) is 71.4 Å². The van der Waals surface area contributed by atoms with Crippen molar-refractivity contribution in [3.8, 4) is 5.75 Å².